The van der Waals surface area contributed by atoms with Gasteiger partial charge in [-0.15, -0.1) is 0 Å². The summed E-state index contributed by atoms with van der Waals surface area (Å²) in [6, 6.07) is -3.44. The molecule has 0 aromatic rings. The normalized spacial score (nSPS) is 20.4. The number of carbonyl (C=O) groups excluding carboxylic acids is 3. The molecule has 9 nitrogen and oxygen atoms in total. The maximum absolute atomic E-state index is 13.1. The van der Waals surface area contributed by atoms with E-state index in [1.807, 2.05) is 27.7 Å². The lowest BCUT2D eigenvalue weighted by molar-refractivity contribution is -0.150. The minimum absolute atomic E-state index is 0.112. The first-order valence-electron chi connectivity index (χ1n) is 10.5. The summed E-state index contributed by atoms with van der Waals surface area (Å²) in [5.41, 5.74) is 5.70. The number of likely N-dealkylation sites (tertiary alicyclic amines) is 1. The predicted molar refractivity (Wildman–Crippen MR) is 117 cm³/mol. The van der Waals surface area contributed by atoms with Gasteiger partial charge in [-0.3, -0.25) is 14.4 Å². The Morgan fingerprint density at radius 3 is 2.30 bits per heavy atom. The van der Waals surface area contributed by atoms with Crippen LogP contribution in [0.15, 0.2) is 0 Å². The van der Waals surface area contributed by atoms with E-state index < -0.39 is 47.9 Å². The maximum atomic E-state index is 13.1. The fourth-order valence-corrected chi connectivity index (χ4v) is 3.63. The Kier molecular flexibility index (Phi) is 10.6. The molecule has 0 aliphatic carbocycles. The first-order valence-corrected chi connectivity index (χ1v) is 11.2. The van der Waals surface area contributed by atoms with Crippen molar-refractivity contribution in [1.29, 1.82) is 0 Å². The Hall–Kier alpha value is -1.81. The van der Waals surface area contributed by atoms with Crippen LogP contribution in [0.4, 0.5) is 0 Å². The Morgan fingerprint density at radius 1 is 1.17 bits per heavy atom. The van der Waals surface area contributed by atoms with Crippen LogP contribution >= 0.6 is 12.6 Å². The van der Waals surface area contributed by atoms with E-state index >= 15 is 0 Å². The number of carbonyl (C=O) groups is 4. The molecule has 30 heavy (non-hydrogen) atoms. The molecule has 1 saturated heterocycles. The molecule has 5 N–H and O–H groups in total. The van der Waals surface area contributed by atoms with Crippen molar-refractivity contribution in [3.05, 3.63) is 0 Å². The van der Waals surface area contributed by atoms with Crippen LogP contribution < -0.4 is 16.4 Å². The van der Waals surface area contributed by atoms with E-state index in [1.54, 1.807) is 0 Å². The molecular formula is C20H36N4O5S. The molecule has 0 saturated carbocycles. The summed E-state index contributed by atoms with van der Waals surface area (Å²) in [4.78, 5) is 51.2. The molecule has 5 atom stereocenters. The number of hydrogen-bond donors (Lipinski definition) is 5. The van der Waals surface area contributed by atoms with E-state index in [-0.39, 0.29) is 17.6 Å². The fraction of sp³-hybridized carbons (Fsp3) is 0.800. The quantitative estimate of drug-likeness (QED) is 0.292. The highest BCUT2D eigenvalue weighted by molar-refractivity contribution is 7.80. The summed E-state index contributed by atoms with van der Waals surface area (Å²) in [5.74, 6) is -2.35. The molecule has 0 spiro atoms. The van der Waals surface area contributed by atoms with Crippen molar-refractivity contribution in [1.82, 2.24) is 15.5 Å². The fourth-order valence-electron chi connectivity index (χ4n) is 3.47. The SMILES string of the molecule is CCC(C)C(NC(=O)C(CC(C)C)NC(=O)C(N)CS)C(=O)N1CCCC1C(=O)O. The van der Waals surface area contributed by atoms with Gasteiger partial charge in [0, 0.05) is 12.3 Å². The third kappa shape index (κ3) is 7.16. The Balaban J connectivity index is 3.02. The molecule has 1 aliphatic rings. The smallest absolute Gasteiger partial charge is 0.326 e. The summed E-state index contributed by atoms with van der Waals surface area (Å²) < 4.78 is 0. The zero-order valence-corrected chi connectivity index (χ0v) is 19.2. The zero-order valence-electron chi connectivity index (χ0n) is 18.3. The molecule has 0 aromatic heterocycles. The summed E-state index contributed by atoms with van der Waals surface area (Å²) in [6.45, 7) is 7.92. The van der Waals surface area contributed by atoms with Gasteiger partial charge in [0.25, 0.3) is 0 Å². The van der Waals surface area contributed by atoms with Gasteiger partial charge in [0.2, 0.25) is 17.7 Å². The number of nitrogens with two attached hydrogens (primary N) is 1. The second-order valence-electron chi connectivity index (χ2n) is 8.38. The van der Waals surface area contributed by atoms with E-state index in [9.17, 15) is 24.3 Å². The maximum Gasteiger partial charge on any atom is 0.326 e. The minimum atomic E-state index is -1.04. The van der Waals surface area contributed by atoms with E-state index in [0.29, 0.717) is 32.2 Å². The van der Waals surface area contributed by atoms with Gasteiger partial charge in [-0.1, -0.05) is 34.1 Å². The van der Waals surface area contributed by atoms with Crippen molar-refractivity contribution in [3.8, 4) is 0 Å². The van der Waals surface area contributed by atoms with Gasteiger partial charge in [0.1, 0.15) is 18.1 Å². The number of nitrogens with one attached hydrogen (secondary N) is 2. The molecule has 0 aromatic carbocycles. The monoisotopic (exact) mass is 444 g/mol. The standard InChI is InChI=1S/C20H36N4O5S/c1-5-12(4)16(19(27)24-8-6-7-15(24)20(28)29)23-18(26)14(9-11(2)3)22-17(25)13(21)10-30/h11-16,30H,5-10,21H2,1-4H3,(H,22,25)(H,23,26)(H,28,29). The van der Waals surface area contributed by atoms with Crippen LogP contribution in [-0.2, 0) is 19.2 Å². The van der Waals surface area contributed by atoms with Gasteiger partial charge in [-0.05, 0) is 31.1 Å². The van der Waals surface area contributed by atoms with E-state index in [2.05, 4.69) is 23.3 Å². The topological polar surface area (TPSA) is 142 Å². The van der Waals surface area contributed by atoms with Crippen LogP contribution in [0.3, 0.4) is 0 Å². The van der Waals surface area contributed by atoms with E-state index in [1.165, 1.54) is 4.90 Å². The third-order valence-corrected chi connectivity index (χ3v) is 5.86. The molecule has 3 amide bonds. The lowest BCUT2D eigenvalue weighted by Gasteiger charge is -2.32. The molecule has 1 rings (SSSR count). The number of hydrogen-bond acceptors (Lipinski definition) is 6. The average molecular weight is 445 g/mol. The second-order valence-corrected chi connectivity index (χ2v) is 8.74. The van der Waals surface area contributed by atoms with Crippen molar-refractivity contribution < 1.29 is 24.3 Å². The van der Waals surface area contributed by atoms with Crippen molar-refractivity contribution in [2.45, 2.75) is 77.5 Å². The van der Waals surface area contributed by atoms with Gasteiger partial charge in [-0.2, -0.15) is 12.6 Å². The molecule has 1 heterocycles. The van der Waals surface area contributed by atoms with Gasteiger partial charge < -0.3 is 26.4 Å². The van der Waals surface area contributed by atoms with Crippen LogP contribution in [0.5, 0.6) is 0 Å². The first kappa shape index (κ1) is 26.2. The van der Waals surface area contributed by atoms with Crippen molar-refractivity contribution in [2.75, 3.05) is 12.3 Å². The van der Waals surface area contributed by atoms with Crippen LogP contribution in [0.25, 0.3) is 0 Å². The predicted octanol–water partition coefficient (Wildman–Crippen LogP) is 0.381. The lowest BCUT2D eigenvalue weighted by Crippen LogP contribution is -2.59. The number of carboxylic acids is 1. The second kappa shape index (κ2) is 12.1. The lowest BCUT2D eigenvalue weighted by atomic mass is 9.96. The summed E-state index contributed by atoms with van der Waals surface area (Å²) in [7, 11) is 0. The molecule has 5 unspecified atom stereocenters. The molecule has 172 valence electrons. The summed E-state index contributed by atoms with van der Waals surface area (Å²) >= 11 is 4.01. The third-order valence-electron chi connectivity index (χ3n) is 5.47. The number of rotatable bonds is 11. The van der Waals surface area contributed by atoms with Crippen LogP contribution in [-0.4, -0.2) is 70.2 Å². The minimum Gasteiger partial charge on any atom is -0.480 e. The van der Waals surface area contributed by atoms with Gasteiger partial charge in [-0.25, -0.2) is 4.79 Å². The number of thiol groups is 1. The average Bonchev–Trinajstić information content (AvgIpc) is 3.19. The molecule has 1 fully saturated rings. The highest BCUT2D eigenvalue weighted by Crippen LogP contribution is 2.21. The van der Waals surface area contributed by atoms with Crippen LogP contribution in [0.1, 0.15) is 53.4 Å². The van der Waals surface area contributed by atoms with E-state index in [0.717, 1.165) is 0 Å². The highest BCUT2D eigenvalue weighted by Gasteiger charge is 2.40. The van der Waals surface area contributed by atoms with Gasteiger partial charge >= 0.3 is 5.97 Å². The summed E-state index contributed by atoms with van der Waals surface area (Å²) in [6.07, 6.45) is 2.00. The number of carboxylic acid groups (broad SMARTS) is 1. The van der Waals surface area contributed by atoms with Crippen molar-refractivity contribution in [3.63, 3.8) is 0 Å². The van der Waals surface area contributed by atoms with Crippen LogP contribution in [0, 0.1) is 11.8 Å². The van der Waals surface area contributed by atoms with Gasteiger partial charge in [0.05, 0.1) is 6.04 Å². The molecule has 0 radical (unpaired) electrons. The highest BCUT2D eigenvalue weighted by atomic mass is 32.1. The zero-order chi connectivity index (χ0) is 23.0. The number of nitrogens with zero attached hydrogens (tertiary/aromatic N) is 1. The first-order chi connectivity index (χ1) is 14.0. The molecule has 1 aliphatic heterocycles. The van der Waals surface area contributed by atoms with E-state index in [4.69, 9.17) is 5.73 Å². The van der Waals surface area contributed by atoms with Crippen molar-refractivity contribution >= 4 is 36.3 Å². The van der Waals surface area contributed by atoms with Gasteiger partial charge in [0.15, 0.2) is 0 Å². The molecular weight excluding hydrogens is 408 g/mol. The molecule has 10 heteroatoms. The van der Waals surface area contributed by atoms with Crippen molar-refractivity contribution in [2.24, 2.45) is 17.6 Å². The summed E-state index contributed by atoms with van der Waals surface area (Å²) in [5, 5.41) is 14.8. The Morgan fingerprint density at radius 2 is 1.80 bits per heavy atom. The number of aliphatic carboxylic acids is 1. The number of amides is 3. The Bertz CT molecular complexity index is 630. The largest absolute Gasteiger partial charge is 0.480 e. The molecule has 0 bridgehead atoms. The van der Waals surface area contributed by atoms with Crippen LogP contribution in [0.2, 0.25) is 0 Å². The Labute approximate surface area is 183 Å².